The normalized spacial score (nSPS) is 18.1. The van der Waals surface area contributed by atoms with E-state index in [0.29, 0.717) is 6.42 Å². The predicted molar refractivity (Wildman–Crippen MR) is 87.1 cm³/mol. The van der Waals surface area contributed by atoms with Gasteiger partial charge in [-0.2, -0.15) is 0 Å². The van der Waals surface area contributed by atoms with E-state index in [-0.39, 0.29) is 11.7 Å². The lowest BCUT2D eigenvalue weighted by Crippen LogP contribution is -2.38. The van der Waals surface area contributed by atoms with Crippen molar-refractivity contribution >= 4 is 11.0 Å². The summed E-state index contributed by atoms with van der Waals surface area (Å²) in [6.45, 7) is 5.90. The molecule has 1 aromatic heterocycles. The lowest BCUT2D eigenvalue weighted by Gasteiger charge is -2.33. The second-order valence-corrected chi connectivity index (χ2v) is 6.86. The zero-order chi connectivity index (χ0) is 15.7. The fourth-order valence-corrected chi connectivity index (χ4v) is 3.26. The Morgan fingerprint density at radius 1 is 1.27 bits per heavy atom. The summed E-state index contributed by atoms with van der Waals surface area (Å²) < 4.78 is 15.5. The number of hydrogen-bond acceptors (Lipinski definition) is 2. The number of benzene rings is 1. The quantitative estimate of drug-likeness (QED) is 0.943. The number of nitrogens with one attached hydrogen (secondary N) is 1. The number of rotatable bonds is 4. The highest BCUT2D eigenvalue weighted by Gasteiger charge is 2.25. The van der Waals surface area contributed by atoms with Crippen LogP contribution in [-0.2, 0) is 0 Å². The molecule has 1 fully saturated rings. The van der Waals surface area contributed by atoms with E-state index in [1.807, 2.05) is 28.8 Å². The molecular weight excluding hydrogens is 281 g/mol. The number of nitrogens with zero attached hydrogens (tertiary/aromatic N) is 2. The molecule has 1 aromatic carbocycles. The SMILES string of the molecule is CC(C)(F)CCN1CCC(n2c(=O)[nH]c3ccccc32)CC1. The molecule has 1 aliphatic rings. The van der Waals surface area contributed by atoms with Gasteiger partial charge in [-0.05, 0) is 45.2 Å². The summed E-state index contributed by atoms with van der Waals surface area (Å²) in [4.78, 5) is 17.4. The molecule has 1 saturated heterocycles. The molecule has 2 aromatic rings. The lowest BCUT2D eigenvalue weighted by molar-refractivity contribution is 0.135. The number of para-hydroxylation sites is 2. The fourth-order valence-electron chi connectivity index (χ4n) is 3.26. The van der Waals surface area contributed by atoms with Crippen molar-refractivity contribution in [2.75, 3.05) is 19.6 Å². The van der Waals surface area contributed by atoms with Crippen LogP contribution >= 0.6 is 0 Å². The molecule has 0 atom stereocenters. The summed E-state index contributed by atoms with van der Waals surface area (Å²) in [5.41, 5.74) is 0.749. The van der Waals surface area contributed by atoms with Crippen molar-refractivity contribution in [3.63, 3.8) is 0 Å². The van der Waals surface area contributed by atoms with Crippen LogP contribution in [0.2, 0.25) is 0 Å². The maximum absolute atomic E-state index is 13.6. The van der Waals surface area contributed by atoms with Crippen molar-refractivity contribution in [2.24, 2.45) is 0 Å². The van der Waals surface area contributed by atoms with E-state index in [1.165, 1.54) is 0 Å². The molecule has 0 unspecified atom stereocenters. The van der Waals surface area contributed by atoms with E-state index in [2.05, 4.69) is 9.88 Å². The Balaban J connectivity index is 1.68. The van der Waals surface area contributed by atoms with Crippen LogP contribution in [-0.4, -0.2) is 39.8 Å². The largest absolute Gasteiger partial charge is 0.326 e. The van der Waals surface area contributed by atoms with Crippen LogP contribution in [0.1, 0.15) is 39.2 Å². The van der Waals surface area contributed by atoms with Gasteiger partial charge in [0.2, 0.25) is 0 Å². The Hall–Kier alpha value is -1.62. The van der Waals surface area contributed by atoms with E-state index in [9.17, 15) is 9.18 Å². The monoisotopic (exact) mass is 305 g/mol. The first-order valence-corrected chi connectivity index (χ1v) is 8.04. The number of likely N-dealkylation sites (tertiary alicyclic amines) is 1. The van der Waals surface area contributed by atoms with Gasteiger partial charge in [0.15, 0.2) is 0 Å². The first-order chi connectivity index (χ1) is 10.4. The molecule has 0 aliphatic carbocycles. The maximum atomic E-state index is 13.6. The number of imidazole rings is 1. The van der Waals surface area contributed by atoms with Gasteiger partial charge in [0.25, 0.3) is 0 Å². The Morgan fingerprint density at radius 2 is 1.95 bits per heavy atom. The van der Waals surface area contributed by atoms with Crippen molar-refractivity contribution in [1.29, 1.82) is 0 Å². The Morgan fingerprint density at radius 3 is 2.64 bits per heavy atom. The van der Waals surface area contributed by atoms with Crippen molar-refractivity contribution in [2.45, 2.75) is 44.8 Å². The van der Waals surface area contributed by atoms with E-state index in [4.69, 9.17) is 0 Å². The third-order valence-electron chi connectivity index (χ3n) is 4.57. The van der Waals surface area contributed by atoms with Gasteiger partial charge in [0, 0.05) is 25.7 Å². The van der Waals surface area contributed by atoms with Gasteiger partial charge >= 0.3 is 5.69 Å². The number of piperidine rings is 1. The summed E-state index contributed by atoms with van der Waals surface area (Å²) in [7, 11) is 0. The molecular formula is C17H24FN3O. The van der Waals surface area contributed by atoms with E-state index >= 15 is 0 Å². The van der Waals surface area contributed by atoms with Crippen LogP contribution in [0.3, 0.4) is 0 Å². The first kappa shape index (κ1) is 15.3. The zero-order valence-corrected chi connectivity index (χ0v) is 13.3. The number of alkyl halides is 1. The number of aromatic nitrogens is 2. The zero-order valence-electron chi connectivity index (χ0n) is 13.3. The van der Waals surface area contributed by atoms with E-state index < -0.39 is 5.67 Å². The van der Waals surface area contributed by atoms with Gasteiger partial charge in [-0.25, -0.2) is 9.18 Å². The molecule has 0 amide bonds. The number of halogens is 1. The first-order valence-electron chi connectivity index (χ1n) is 8.04. The van der Waals surface area contributed by atoms with Crippen LogP contribution in [0.15, 0.2) is 29.1 Å². The second kappa shape index (κ2) is 5.88. The van der Waals surface area contributed by atoms with Gasteiger partial charge in [0.1, 0.15) is 5.67 Å². The summed E-state index contributed by atoms with van der Waals surface area (Å²) in [5, 5.41) is 0. The molecule has 1 N–H and O–H groups in total. The van der Waals surface area contributed by atoms with Crippen LogP contribution in [0.4, 0.5) is 4.39 Å². The number of aromatic amines is 1. The number of H-pyrrole nitrogens is 1. The second-order valence-electron chi connectivity index (χ2n) is 6.86. The predicted octanol–water partition coefficient (Wildman–Crippen LogP) is 3.10. The Labute approximate surface area is 129 Å². The van der Waals surface area contributed by atoms with Gasteiger partial charge in [0.05, 0.1) is 11.0 Å². The lowest BCUT2D eigenvalue weighted by atomic mass is 10.0. The summed E-state index contributed by atoms with van der Waals surface area (Å²) >= 11 is 0. The molecule has 4 nitrogen and oxygen atoms in total. The number of hydrogen-bond donors (Lipinski definition) is 1. The molecule has 5 heteroatoms. The summed E-state index contributed by atoms with van der Waals surface area (Å²) in [6, 6.07) is 8.06. The highest BCUT2D eigenvalue weighted by atomic mass is 19.1. The van der Waals surface area contributed by atoms with Crippen LogP contribution in [0.25, 0.3) is 11.0 Å². The van der Waals surface area contributed by atoms with Crippen LogP contribution in [0, 0.1) is 0 Å². The molecule has 120 valence electrons. The number of fused-ring (bicyclic) bond motifs is 1. The summed E-state index contributed by atoms with van der Waals surface area (Å²) in [5.74, 6) is 0. The average Bonchev–Trinajstić information content (AvgIpc) is 2.81. The van der Waals surface area contributed by atoms with Gasteiger partial charge in [-0.3, -0.25) is 4.57 Å². The van der Waals surface area contributed by atoms with Crippen LogP contribution in [0.5, 0.6) is 0 Å². The Kier molecular flexibility index (Phi) is 4.08. The van der Waals surface area contributed by atoms with Gasteiger partial charge < -0.3 is 9.88 Å². The topological polar surface area (TPSA) is 41.0 Å². The van der Waals surface area contributed by atoms with E-state index in [0.717, 1.165) is 43.5 Å². The maximum Gasteiger partial charge on any atom is 0.326 e. The fraction of sp³-hybridized carbons (Fsp3) is 0.588. The smallest absolute Gasteiger partial charge is 0.306 e. The molecule has 2 heterocycles. The molecule has 0 radical (unpaired) electrons. The highest BCUT2D eigenvalue weighted by molar-refractivity contribution is 5.75. The minimum absolute atomic E-state index is 0.0236. The molecule has 22 heavy (non-hydrogen) atoms. The van der Waals surface area contributed by atoms with Gasteiger partial charge in [-0.15, -0.1) is 0 Å². The van der Waals surface area contributed by atoms with Crippen molar-refractivity contribution in [3.05, 3.63) is 34.7 Å². The van der Waals surface area contributed by atoms with Crippen molar-refractivity contribution in [1.82, 2.24) is 14.5 Å². The molecule has 0 bridgehead atoms. The van der Waals surface area contributed by atoms with Crippen molar-refractivity contribution < 1.29 is 4.39 Å². The minimum Gasteiger partial charge on any atom is -0.306 e. The van der Waals surface area contributed by atoms with E-state index in [1.54, 1.807) is 13.8 Å². The highest BCUT2D eigenvalue weighted by Crippen LogP contribution is 2.25. The standard InChI is InChI=1S/C17H24FN3O/c1-17(2,18)9-12-20-10-7-13(8-11-20)21-15-6-4-3-5-14(15)19-16(21)22/h3-6,13H,7-12H2,1-2H3,(H,19,22). The minimum atomic E-state index is -1.11. The average molecular weight is 305 g/mol. The third-order valence-corrected chi connectivity index (χ3v) is 4.57. The van der Waals surface area contributed by atoms with Crippen LogP contribution < -0.4 is 5.69 Å². The molecule has 0 saturated carbocycles. The van der Waals surface area contributed by atoms with Crippen molar-refractivity contribution in [3.8, 4) is 0 Å². The van der Waals surface area contributed by atoms with Gasteiger partial charge in [-0.1, -0.05) is 12.1 Å². The Bertz CT molecular complexity index is 690. The third kappa shape index (κ3) is 3.24. The molecule has 0 spiro atoms. The molecule has 3 rings (SSSR count). The molecule has 1 aliphatic heterocycles. The summed E-state index contributed by atoms with van der Waals surface area (Å²) in [6.07, 6.45) is 2.44.